The Morgan fingerprint density at radius 2 is 1.57 bits per heavy atom. The van der Waals surface area contributed by atoms with Gasteiger partial charge in [-0.3, -0.25) is 9.59 Å². The average Bonchev–Trinajstić information content (AvgIpc) is 3.19. The molecule has 0 aliphatic rings. The number of hydrogen-bond acceptors (Lipinski definition) is 4. The van der Waals surface area contributed by atoms with Gasteiger partial charge in [-0.15, -0.1) is 11.3 Å². The van der Waals surface area contributed by atoms with Crippen molar-refractivity contribution < 1.29 is 9.59 Å². The number of amides is 2. The van der Waals surface area contributed by atoms with Gasteiger partial charge in [-0.2, -0.15) is 0 Å². The number of fused-ring (bicyclic) bond motifs is 1. The van der Waals surface area contributed by atoms with E-state index < -0.39 is 0 Å². The average molecular weight is 414 g/mol. The van der Waals surface area contributed by atoms with Gasteiger partial charge in [-0.05, 0) is 55.0 Å². The molecule has 0 saturated carbocycles. The molecule has 0 spiro atoms. The number of benzene rings is 3. The minimum Gasteiger partial charge on any atom is -0.322 e. The smallest absolute Gasteiger partial charge is 0.255 e. The lowest BCUT2D eigenvalue weighted by Crippen LogP contribution is -2.14. The van der Waals surface area contributed by atoms with Crippen molar-refractivity contribution in [2.75, 3.05) is 10.6 Å². The third-order valence-corrected chi connectivity index (χ3v) is 5.57. The maximum absolute atomic E-state index is 12.4. The molecule has 0 aliphatic carbocycles. The number of anilines is 2. The monoisotopic (exact) mass is 413 g/mol. The number of nitrogens with one attached hydrogen (secondary N) is 2. The van der Waals surface area contributed by atoms with E-state index in [0.717, 1.165) is 20.8 Å². The molecule has 0 aliphatic heterocycles. The van der Waals surface area contributed by atoms with Gasteiger partial charge in [0, 0.05) is 23.0 Å². The molecule has 2 N–H and O–H groups in total. The van der Waals surface area contributed by atoms with Crippen LogP contribution in [0.3, 0.4) is 0 Å². The molecule has 1 aromatic heterocycles. The van der Waals surface area contributed by atoms with Gasteiger partial charge in [0.1, 0.15) is 5.01 Å². The highest BCUT2D eigenvalue weighted by molar-refractivity contribution is 7.19. The summed E-state index contributed by atoms with van der Waals surface area (Å²) in [4.78, 5) is 29.3. The van der Waals surface area contributed by atoms with Crippen LogP contribution >= 0.6 is 11.3 Å². The lowest BCUT2D eigenvalue weighted by Gasteiger charge is -2.13. The van der Waals surface area contributed by atoms with Crippen LogP contribution in [0, 0.1) is 6.92 Å². The fourth-order valence-electron chi connectivity index (χ4n) is 2.97. The Hall–Kier alpha value is -3.77. The summed E-state index contributed by atoms with van der Waals surface area (Å²) in [6.45, 7) is 1.85. The molecular weight excluding hydrogens is 394 g/mol. The molecule has 6 heteroatoms. The second-order valence-corrected chi connectivity index (χ2v) is 7.70. The van der Waals surface area contributed by atoms with Crippen LogP contribution in [0.2, 0.25) is 0 Å². The molecule has 0 fully saturated rings. The van der Waals surface area contributed by atoms with Crippen LogP contribution in [-0.4, -0.2) is 16.8 Å². The van der Waals surface area contributed by atoms with E-state index in [1.54, 1.807) is 30.3 Å². The number of carbonyl (C=O) groups is 2. The van der Waals surface area contributed by atoms with Gasteiger partial charge in [0.25, 0.3) is 5.91 Å². The van der Waals surface area contributed by atoms with Gasteiger partial charge < -0.3 is 10.6 Å². The molecule has 0 unspecified atom stereocenters. The quantitative estimate of drug-likeness (QED) is 0.424. The van der Waals surface area contributed by atoms with Crippen molar-refractivity contribution in [2.45, 2.75) is 6.92 Å². The summed E-state index contributed by atoms with van der Waals surface area (Å²) in [7, 11) is 0. The summed E-state index contributed by atoms with van der Waals surface area (Å²) < 4.78 is 1.08. The van der Waals surface area contributed by atoms with Crippen molar-refractivity contribution in [3.63, 3.8) is 0 Å². The molecular formula is C24H19N3O2S. The van der Waals surface area contributed by atoms with Crippen molar-refractivity contribution in [2.24, 2.45) is 0 Å². The molecule has 4 rings (SSSR count). The Bertz CT molecular complexity index is 1210. The highest BCUT2D eigenvalue weighted by Crippen LogP contribution is 2.25. The summed E-state index contributed by atoms with van der Waals surface area (Å²) in [6.07, 6.45) is 3.17. The molecule has 5 nitrogen and oxygen atoms in total. The molecule has 0 bridgehead atoms. The maximum Gasteiger partial charge on any atom is 0.255 e. The van der Waals surface area contributed by atoms with E-state index in [0.29, 0.717) is 16.9 Å². The van der Waals surface area contributed by atoms with Crippen LogP contribution in [0.15, 0.2) is 78.9 Å². The predicted molar refractivity (Wildman–Crippen MR) is 123 cm³/mol. The van der Waals surface area contributed by atoms with Gasteiger partial charge in [-0.25, -0.2) is 4.98 Å². The second kappa shape index (κ2) is 8.71. The third-order valence-electron chi connectivity index (χ3n) is 4.56. The largest absolute Gasteiger partial charge is 0.322 e. The molecule has 0 atom stereocenters. The van der Waals surface area contributed by atoms with Crippen molar-refractivity contribution in [3.05, 3.63) is 95.0 Å². The molecule has 0 saturated heterocycles. The van der Waals surface area contributed by atoms with E-state index in [-0.39, 0.29) is 11.8 Å². The Morgan fingerprint density at radius 3 is 2.33 bits per heavy atom. The Kier molecular flexibility index (Phi) is 5.68. The minimum atomic E-state index is -0.260. The number of rotatable bonds is 5. The number of thiazole rings is 1. The zero-order chi connectivity index (χ0) is 20.9. The van der Waals surface area contributed by atoms with Gasteiger partial charge in [0.05, 0.1) is 10.2 Å². The number of para-hydroxylation sites is 1. The first-order chi connectivity index (χ1) is 14.6. The SMILES string of the molecule is Cc1c(NC(=O)C=Cc2nc3ccccc3s2)cccc1NC(=O)c1ccccc1. The highest BCUT2D eigenvalue weighted by Gasteiger charge is 2.10. The molecule has 4 aromatic rings. The fraction of sp³-hybridized carbons (Fsp3) is 0.0417. The van der Waals surface area contributed by atoms with Gasteiger partial charge in [0.15, 0.2) is 0 Å². The van der Waals surface area contributed by atoms with Crippen molar-refractivity contribution in [1.29, 1.82) is 0 Å². The van der Waals surface area contributed by atoms with Gasteiger partial charge in [-0.1, -0.05) is 36.4 Å². The first kappa shape index (κ1) is 19.5. The van der Waals surface area contributed by atoms with Crippen LogP contribution in [0.1, 0.15) is 20.9 Å². The summed E-state index contributed by atoms with van der Waals surface area (Å²) in [5.41, 5.74) is 3.56. The Morgan fingerprint density at radius 1 is 0.867 bits per heavy atom. The molecule has 0 radical (unpaired) electrons. The van der Waals surface area contributed by atoms with E-state index in [1.807, 2.05) is 55.5 Å². The number of nitrogens with zero attached hydrogens (tertiary/aromatic N) is 1. The van der Waals surface area contributed by atoms with Crippen LogP contribution in [0.5, 0.6) is 0 Å². The normalized spacial score (nSPS) is 11.0. The van der Waals surface area contributed by atoms with Crippen LogP contribution < -0.4 is 10.6 Å². The van der Waals surface area contributed by atoms with Crippen molar-refractivity contribution >= 4 is 50.8 Å². The first-order valence-electron chi connectivity index (χ1n) is 9.41. The molecule has 2 amide bonds. The van der Waals surface area contributed by atoms with E-state index in [1.165, 1.54) is 17.4 Å². The summed E-state index contributed by atoms with van der Waals surface area (Å²) in [5, 5.41) is 6.53. The Balaban J connectivity index is 1.45. The molecule has 30 heavy (non-hydrogen) atoms. The summed E-state index contributed by atoms with van der Waals surface area (Å²) in [6, 6.07) is 22.3. The number of carbonyl (C=O) groups excluding carboxylic acids is 2. The summed E-state index contributed by atoms with van der Waals surface area (Å²) >= 11 is 1.53. The summed E-state index contributed by atoms with van der Waals surface area (Å²) in [5.74, 6) is -0.457. The number of aromatic nitrogens is 1. The number of hydrogen-bond donors (Lipinski definition) is 2. The van der Waals surface area contributed by atoms with Crippen LogP contribution in [-0.2, 0) is 4.79 Å². The predicted octanol–water partition coefficient (Wildman–Crippen LogP) is 5.51. The first-order valence-corrected chi connectivity index (χ1v) is 10.2. The van der Waals surface area contributed by atoms with E-state index in [2.05, 4.69) is 15.6 Å². The fourth-order valence-corrected chi connectivity index (χ4v) is 3.84. The standard InChI is InChI=1S/C24H19N3O2S/c1-16-18(11-7-12-19(16)27-24(29)17-8-3-2-4-9-17)25-22(28)14-15-23-26-20-10-5-6-13-21(20)30-23/h2-15H,1H3,(H,25,28)(H,27,29). The van der Waals surface area contributed by atoms with Crippen molar-refractivity contribution in [1.82, 2.24) is 4.98 Å². The zero-order valence-corrected chi connectivity index (χ0v) is 17.1. The molecule has 1 heterocycles. The molecule has 148 valence electrons. The minimum absolute atomic E-state index is 0.196. The van der Waals surface area contributed by atoms with Crippen molar-refractivity contribution in [3.8, 4) is 0 Å². The van der Waals surface area contributed by atoms with Crippen LogP contribution in [0.4, 0.5) is 11.4 Å². The topological polar surface area (TPSA) is 71.1 Å². The van der Waals surface area contributed by atoms with E-state index >= 15 is 0 Å². The highest BCUT2D eigenvalue weighted by atomic mass is 32.1. The Labute approximate surface area is 178 Å². The lowest BCUT2D eigenvalue weighted by atomic mass is 10.1. The second-order valence-electron chi connectivity index (χ2n) is 6.64. The molecule has 3 aromatic carbocycles. The van der Waals surface area contributed by atoms with Gasteiger partial charge >= 0.3 is 0 Å². The van der Waals surface area contributed by atoms with E-state index in [4.69, 9.17) is 0 Å². The van der Waals surface area contributed by atoms with Gasteiger partial charge in [0.2, 0.25) is 5.91 Å². The lowest BCUT2D eigenvalue weighted by molar-refractivity contribution is -0.111. The zero-order valence-electron chi connectivity index (χ0n) is 16.3. The maximum atomic E-state index is 12.4. The van der Waals surface area contributed by atoms with Crippen LogP contribution in [0.25, 0.3) is 16.3 Å². The third kappa shape index (κ3) is 4.45. The van der Waals surface area contributed by atoms with E-state index in [9.17, 15) is 9.59 Å².